The van der Waals surface area contributed by atoms with Gasteiger partial charge in [0.25, 0.3) is 0 Å². The number of hydrogen-bond acceptors (Lipinski definition) is 9. The Balaban J connectivity index is 1.20. The third-order valence-corrected chi connectivity index (χ3v) is 7.74. The third kappa shape index (κ3) is 6.63. The number of aryl methyl sites for hydroxylation is 1. The molecular formula is C33H32F2N10O3. The van der Waals surface area contributed by atoms with Gasteiger partial charge < -0.3 is 19.9 Å². The molecule has 246 valence electrons. The van der Waals surface area contributed by atoms with Crippen molar-refractivity contribution in [3.63, 3.8) is 0 Å². The maximum Gasteiger partial charge on any atom is 0.408 e. The van der Waals surface area contributed by atoms with Gasteiger partial charge >= 0.3 is 6.09 Å². The van der Waals surface area contributed by atoms with Crippen LogP contribution in [0.15, 0.2) is 61.3 Å². The summed E-state index contributed by atoms with van der Waals surface area (Å²) in [5, 5.41) is 20.8. The van der Waals surface area contributed by atoms with Crippen LogP contribution in [0.4, 0.5) is 19.4 Å². The first-order chi connectivity index (χ1) is 22.9. The summed E-state index contributed by atoms with van der Waals surface area (Å²) in [5.74, 6) is -1.65. The summed E-state index contributed by atoms with van der Waals surface area (Å²) >= 11 is 0. The van der Waals surface area contributed by atoms with Crippen LogP contribution in [0.2, 0.25) is 0 Å². The fraction of sp³-hybridized carbons (Fsp3) is 0.303. The van der Waals surface area contributed by atoms with Crippen LogP contribution in [0.1, 0.15) is 37.9 Å². The number of halogens is 2. The van der Waals surface area contributed by atoms with Crippen molar-refractivity contribution in [1.82, 2.24) is 39.6 Å². The van der Waals surface area contributed by atoms with Crippen LogP contribution in [0.5, 0.6) is 0 Å². The molecule has 48 heavy (non-hydrogen) atoms. The molecule has 6 rings (SSSR count). The van der Waals surface area contributed by atoms with Crippen LogP contribution in [0, 0.1) is 23.0 Å². The largest absolute Gasteiger partial charge is 0.444 e. The number of nitrogens with zero attached hydrogens (tertiary/aromatic N) is 9. The molecule has 5 aromatic rings. The van der Waals surface area contributed by atoms with E-state index in [4.69, 9.17) is 9.72 Å². The second-order valence-electron chi connectivity index (χ2n) is 12.3. The Bertz CT molecular complexity index is 2040. The van der Waals surface area contributed by atoms with E-state index in [9.17, 15) is 23.6 Å². The highest BCUT2D eigenvalue weighted by Gasteiger charge is 2.33. The van der Waals surface area contributed by atoms with Gasteiger partial charge in [-0.3, -0.25) is 9.48 Å². The average molecular weight is 655 g/mol. The number of nitrogens with one attached hydrogen (secondary N) is 1. The van der Waals surface area contributed by atoms with Crippen LogP contribution in [0.25, 0.3) is 28.0 Å². The molecule has 0 aliphatic carbocycles. The third-order valence-electron chi connectivity index (χ3n) is 7.74. The van der Waals surface area contributed by atoms with Crippen molar-refractivity contribution in [1.29, 1.82) is 5.26 Å². The fourth-order valence-electron chi connectivity index (χ4n) is 5.48. The standard InChI is InChI=1S/C33H32F2N10O3/c1-33(2,3)48-32(47)41-29(24-7-6-23(34)13-25(24)35)31(46)44-11-9-43(10-12-44)27-8-5-20(15-37-27)28-30-21(14-36)16-39-45(30)19-26(40-28)22-17-38-42(4)18-22/h5-8,13,15-19,29H,9-12H2,1-4H3,(H,41,47). The van der Waals surface area contributed by atoms with E-state index >= 15 is 0 Å². The lowest BCUT2D eigenvalue weighted by Crippen LogP contribution is -2.52. The first-order valence-corrected chi connectivity index (χ1v) is 15.1. The summed E-state index contributed by atoms with van der Waals surface area (Å²) in [4.78, 5) is 39.3. The van der Waals surface area contributed by atoms with Crippen molar-refractivity contribution in [2.75, 3.05) is 31.1 Å². The van der Waals surface area contributed by atoms with Crippen molar-refractivity contribution < 1.29 is 23.1 Å². The van der Waals surface area contributed by atoms with Gasteiger partial charge in [-0.05, 0) is 39.0 Å². The van der Waals surface area contributed by atoms with Gasteiger partial charge in [-0.1, -0.05) is 6.07 Å². The monoisotopic (exact) mass is 654 g/mol. The molecule has 1 atom stereocenters. The number of fused-ring (bicyclic) bond motifs is 1. The summed E-state index contributed by atoms with van der Waals surface area (Å²) in [6.07, 6.45) is 7.55. The van der Waals surface area contributed by atoms with Crippen LogP contribution >= 0.6 is 0 Å². The number of hydrogen-bond donors (Lipinski definition) is 1. The zero-order valence-electron chi connectivity index (χ0n) is 26.7. The SMILES string of the molecule is Cn1cc(-c2cn3ncc(C#N)c3c(-c3ccc(N4CCN(C(=O)C(NC(=O)OC(C)(C)C)c5ccc(F)cc5F)CC4)nc3)n2)cn1. The Hall–Kier alpha value is -5.91. The van der Waals surface area contributed by atoms with Crippen molar-refractivity contribution >= 4 is 23.3 Å². The van der Waals surface area contributed by atoms with Crippen molar-refractivity contribution in [3.8, 4) is 28.6 Å². The van der Waals surface area contributed by atoms with E-state index in [2.05, 4.69) is 26.6 Å². The van der Waals surface area contributed by atoms with Gasteiger partial charge in [0.15, 0.2) is 0 Å². The zero-order chi connectivity index (χ0) is 34.2. The molecule has 5 heterocycles. The number of pyridine rings is 1. The van der Waals surface area contributed by atoms with Gasteiger partial charge in [0.2, 0.25) is 5.91 Å². The van der Waals surface area contributed by atoms with Gasteiger partial charge in [0.1, 0.15) is 46.2 Å². The lowest BCUT2D eigenvalue weighted by molar-refractivity contribution is -0.134. The predicted octanol–water partition coefficient (Wildman–Crippen LogP) is 4.26. The Kier molecular flexibility index (Phi) is 8.48. The van der Waals surface area contributed by atoms with Gasteiger partial charge in [-0.25, -0.2) is 28.1 Å². The minimum Gasteiger partial charge on any atom is -0.444 e. The molecule has 15 heteroatoms. The highest BCUT2D eigenvalue weighted by atomic mass is 19.1. The maximum absolute atomic E-state index is 14.8. The number of aromatic nitrogens is 6. The smallest absolute Gasteiger partial charge is 0.408 e. The Morgan fingerprint density at radius 3 is 2.40 bits per heavy atom. The first kappa shape index (κ1) is 32.0. The topological polar surface area (TPSA) is 147 Å². The van der Waals surface area contributed by atoms with Gasteiger partial charge in [-0.2, -0.15) is 15.5 Å². The summed E-state index contributed by atoms with van der Waals surface area (Å²) < 4.78 is 37.1. The van der Waals surface area contributed by atoms with E-state index in [0.29, 0.717) is 53.0 Å². The lowest BCUT2D eigenvalue weighted by Gasteiger charge is -2.37. The molecule has 4 aromatic heterocycles. The zero-order valence-corrected chi connectivity index (χ0v) is 26.7. The molecule has 1 saturated heterocycles. The number of rotatable bonds is 6. The molecular weight excluding hydrogens is 622 g/mol. The van der Waals surface area contributed by atoms with Crippen LogP contribution < -0.4 is 10.2 Å². The summed E-state index contributed by atoms with van der Waals surface area (Å²) in [6, 6.07) is 7.31. The summed E-state index contributed by atoms with van der Waals surface area (Å²) in [5.41, 5.74) is 2.54. The highest BCUT2D eigenvalue weighted by Crippen LogP contribution is 2.30. The van der Waals surface area contributed by atoms with Gasteiger partial charge in [-0.15, -0.1) is 0 Å². The van der Waals surface area contributed by atoms with Gasteiger partial charge in [0.05, 0.1) is 30.0 Å². The van der Waals surface area contributed by atoms with E-state index in [1.807, 2.05) is 30.3 Å². The predicted molar refractivity (Wildman–Crippen MR) is 170 cm³/mol. The normalized spacial score (nSPS) is 14.1. The first-order valence-electron chi connectivity index (χ1n) is 15.1. The number of amides is 2. The van der Waals surface area contributed by atoms with Crippen LogP contribution in [-0.4, -0.2) is 78.0 Å². The van der Waals surface area contributed by atoms with Crippen LogP contribution in [-0.2, 0) is 16.6 Å². The van der Waals surface area contributed by atoms with E-state index in [-0.39, 0.29) is 18.7 Å². The minimum atomic E-state index is -1.42. The number of ether oxygens (including phenoxy) is 1. The number of carbonyl (C=O) groups excluding carboxylic acids is 2. The van der Waals surface area contributed by atoms with Crippen LogP contribution in [0.3, 0.4) is 0 Å². The van der Waals surface area contributed by atoms with E-state index < -0.39 is 35.3 Å². The number of carbonyl (C=O) groups is 2. The Morgan fingerprint density at radius 1 is 1.00 bits per heavy atom. The molecule has 13 nitrogen and oxygen atoms in total. The molecule has 1 aliphatic heterocycles. The molecule has 1 aromatic carbocycles. The molecule has 0 radical (unpaired) electrons. The van der Waals surface area contributed by atoms with E-state index in [0.717, 1.165) is 17.7 Å². The number of piperazine rings is 1. The highest BCUT2D eigenvalue weighted by molar-refractivity contribution is 5.87. The fourth-order valence-corrected chi connectivity index (χ4v) is 5.48. The van der Waals surface area contributed by atoms with Crippen molar-refractivity contribution in [2.45, 2.75) is 32.4 Å². The average Bonchev–Trinajstić information content (AvgIpc) is 3.68. The second-order valence-corrected chi connectivity index (χ2v) is 12.3. The molecule has 0 saturated carbocycles. The lowest BCUT2D eigenvalue weighted by atomic mass is 10.0. The molecule has 0 spiro atoms. The molecule has 2 amide bonds. The molecule has 1 aliphatic rings. The molecule has 1 fully saturated rings. The second kappa shape index (κ2) is 12.7. The molecule has 1 unspecified atom stereocenters. The molecule has 1 N–H and O–H groups in total. The number of anilines is 1. The summed E-state index contributed by atoms with van der Waals surface area (Å²) in [7, 11) is 1.81. The molecule has 0 bridgehead atoms. The van der Waals surface area contributed by atoms with E-state index in [1.165, 1.54) is 11.1 Å². The maximum atomic E-state index is 14.8. The Morgan fingerprint density at radius 2 is 1.77 bits per heavy atom. The number of nitriles is 1. The van der Waals surface area contributed by atoms with Crippen molar-refractivity contribution in [3.05, 3.63) is 84.1 Å². The van der Waals surface area contributed by atoms with E-state index in [1.54, 1.807) is 48.6 Å². The Labute approximate surface area is 274 Å². The summed E-state index contributed by atoms with van der Waals surface area (Å²) in [6.45, 7) is 6.33. The number of benzene rings is 1. The van der Waals surface area contributed by atoms with Gasteiger partial charge in [0, 0.05) is 68.4 Å². The minimum absolute atomic E-state index is 0.167. The number of alkyl carbamates (subject to hydrolysis) is 1. The van der Waals surface area contributed by atoms with Crippen molar-refractivity contribution in [2.24, 2.45) is 7.05 Å². The quantitative estimate of drug-likeness (QED) is 0.284.